The zero-order chi connectivity index (χ0) is 26.5. The van der Waals surface area contributed by atoms with Crippen molar-refractivity contribution in [2.75, 3.05) is 5.32 Å². The smallest absolute Gasteiger partial charge is 0.256 e. The lowest BCUT2D eigenvalue weighted by Crippen LogP contribution is -2.45. The van der Waals surface area contributed by atoms with Crippen LogP contribution in [0.3, 0.4) is 0 Å². The molecule has 1 heterocycles. The first kappa shape index (κ1) is 25.8. The van der Waals surface area contributed by atoms with E-state index in [9.17, 15) is 27.1 Å². The van der Waals surface area contributed by atoms with Gasteiger partial charge in [0.2, 0.25) is 0 Å². The van der Waals surface area contributed by atoms with Crippen LogP contribution in [0.4, 0.5) is 14.5 Å². The molecule has 0 saturated heterocycles. The van der Waals surface area contributed by atoms with Crippen molar-refractivity contribution in [2.24, 2.45) is 11.8 Å². The minimum atomic E-state index is -3.96. The molecule has 2 fully saturated rings. The Morgan fingerprint density at radius 1 is 1.11 bits per heavy atom. The average molecular weight is 547 g/mol. The second-order valence-corrected chi connectivity index (χ2v) is 12.6. The predicted molar refractivity (Wildman–Crippen MR) is 136 cm³/mol. The average Bonchev–Trinajstić information content (AvgIpc) is 3.02. The van der Waals surface area contributed by atoms with Crippen molar-refractivity contribution < 1.29 is 27.1 Å². The van der Waals surface area contributed by atoms with Gasteiger partial charge in [-0.05, 0) is 80.3 Å². The summed E-state index contributed by atoms with van der Waals surface area (Å²) >= 11 is 6.53. The summed E-state index contributed by atoms with van der Waals surface area (Å²) in [6, 6.07) is 8.95. The monoisotopic (exact) mass is 546 g/mol. The molecule has 2 unspecified atom stereocenters. The van der Waals surface area contributed by atoms with Crippen molar-refractivity contribution in [1.29, 1.82) is 0 Å². The summed E-state index contributed by atoms with van der Waals surface area (Å²) in [7, 11) is -3.96. The molecule has 5 rings (SSSR count). The number of hydrogen-bond donors (Lipinski definition) is 2. The summed E-state index contributed by atoms with van der Waals surface area (Å²) in [5.41, 5.74) is -0.0348. The van der Waals surface area contributed by atoms with Crippen LogP contribution in [0.5, 0.6) is 0 Å². The minimum Gasteiger partial charge on any atom is -0.390 e. The Bertz CT molecular complexity index is 1470. The lowest BCUT2D eigenvalue weighted by atomic mass is 9.76. The van der Waals surface area contributed by atoms with Crippen molar-refractivity contribution in [3.63, 3.8) is 0 Å². The SMILES string of the molecule is C[C@]1(O)C2CCC1C[C@@H](S(=O)(=O)c1cc(C(=O)Nc3ccc(F)c(F)c3)c(-c3cccnc3)cc1Cl)C2. The fourth-order valence-corrected chi connectivity index (χ4v) is 8.12. The van der Waals surface area contributed by atoms with Gasteiger partial charge in [0.25, 0.3) is 5.91 Å². The van der Waals surface area contributed by atoms with Gasteiger partial charge in [-0.2, -0.15) is 0 Å². The van der Waals surface area contributed by atoms with Gasteiger partial charge in [0.15, 0.2) is 21.5 Å². The molecule has 6 nitrogen and oxygen atoms in total. The first-order valence-corrected chi connectivity index (χ1v) is 13.9. The highest BCUT2D eigenvalue weighted by Crippen LogP contribution is 2.52. The maximum absolute atomic E-state index is 13.8. The molecule has 2 aromatic carbocycles. The first-order valence-electron chi connectivity index (χ1n) is 11.9. The van der Waals surface area contributed by atoms with Crippen molar-refractivity contribution in [3.05, 3.63) is 77.1 Å². The van der Waals surface area contributed by atoms with E-state index in [-0.39, 0.29) is 33.0 Å². The molecule has 0 radical (unpaired) electrons. The van der Waals surface area contributed by atoms with Crippen LogP contribution in [-0.2, 0) is 9.84 Å². The van der Waals surface area contributed by atoms with Gasteiger partial charge in [-0.1, -0.05) is 17.7 Å². The van der Waals surface area contributed by atoms with Gasteiger partial charge in [-0.3, -0.25) is 9.78 Å². The quantitative estimate of drug-likeness (QED) is 0.431. The lowest BCUT2D eigenvalue weighted by molar-refractivity contribution is -0.0413. The number of hydrogen-bond acceptors (Lipinski definition) is 5. The Morgan fingerprint density at radius 3 is 2.43 bits per heavy atom. The number of halogens is 3. The van der Waals surface area contributed by atoms with Gasteiger partial charge in [-0.15, -0.1) is 0 Å². The van der Waals surface area contributed by atoms with Gasteiger partial charge in [0.05, 0.1) is 20.8 Å². The molecular weight excluding hydrogens is 522 g/mol. The van der Waals surface area contributed by atoms with E-state index in [1.54, 1.807) is 25.3 Å². The first-order chi connectivity index (χ1) is 17.5. The topological polar surface area (TPSA) is 96.4 Å². The highest BCUT2D eigenvalue weighted by atomic mass is 35.5. The molecule has 3 aromatic rings. The number of benzene rings is 2. The van der Waals surface area contributed by atoms with E-state index in [2.05, 4.69) is 10.3 Å². The summed E-state index contributed by atoms with van der Waals surface area (Å²) < 4.78 is 54.7. The third kappa shape index (κ3) is 4.64. The summed E-state index contributed by atoms with van der Waals surface area (Å²) in [5, 5.41) is 12.5. The molecule has 2 atom stereocenters. The number of anilines is 1. The molecular formula is C27H25ClF2N2O4S. The van der Waals surface area contributed by atoms with Gasteiger partial charge in [0.1, 0.15) is 0 Å². The Morgan fingerprint density at radius 2 is 1.81 bits per heavy atom. The zero-order valence-electron chi connectivity index (χ0n) is 19.9. The fraction of sp³-hybridized carbons (Fsp3) is 0.333. The fourth-order valence-electron chi connectivity index (χ4n) is 5.69. The summed E-state index contributed by atoms with van der Waals surface area (Å²) in [4.78, 5) is 17.2. The van der Waals surface area contributed by atoms with E-state index >= 15 is 0 Å². The molecule has 2 bridgehead atoms. The van der Waals surface area contributed by atoms with E-state index in [4.69, 9.17) is 11.6 Å². The van der Waals surface area contributed by atoms with Gasteiger partial charge in [-0.25, -0.2) is 17.2 Å². The molecule has 0 aliphatic heterocycles. The van der Waals surface area contributed by atoms with E-state index < -0.39 is 38.2 Å². The number of amides is 1. The maximum atomic E-state index is 13.8. The second-order valence-electron chi connectivity index (χ2n) is 9.99. The summed E-state index contributed by atoms with van der Waals surface area (Å²) in [6.45, 7) is 1.77. The van der Waals surface area contributed by atoms with E-state index in [0.717, 1.165) is 25.0 Å². The molecule has 1 aromatic heterocycles. The third-order valence-electron chi connectivity index (χ3n) is 7.82. The van der Waals surface area contributed by atoms with Gasteiger partial charge in [0, 0.05) is 35.3 Å². The number of aromatic nitrogens is 1. The highest BCUT2D eigenvalue weighted by molar-refractivity contribution is 7.92. The number of sulfone groups is 1. The summed E-state index contributed by atoms with van der Waals surface area (Å²) in [6.07, 6.45) is 5.21. The van der Waals surface area contributed by atoms with Crippen molar-refractivity contribution in [1.82, 2.24) is 4.98 Å². The number of fused-ring (bicyclic) bond motifs is 2. The van der Waals surface area contributed by atoms with Crippen LogP contribution in [0.25, 0.3) is 11.1 Å². The van der Waals surface area contributed by atoms with Crippen molar-refractivity contribution in [2.45, 2.75) is 48.4 Å². The standard InChI is InChI=1S/C27H25ClF2N2O4S/c1-27(34)16-4-5-17(27)10-19(9-16)37(35,36)25-13-21(20(12-22(25)28)15-3-2-8-31-14-15)26(33)32-18-6-7-23(29)24(30)11-18/h2-3,6-8,11-14,16-17,19,34H,4-5,9-10H2,1H3,(H,32,33)/t16?,17?,19-,27-. The van der Waals surface area contributed by atoms with Crippen LogP contribution < -0.4 is 5.32 Å². The Hall–Kier alpha value is -2.88. The Balaban J connectivity index is 1.57. The van der Waals surface area contributed by atoms with Crippen LogP contribution in [0, 0.1) is 23.5 Å². The number of pyridine rings is 1. The largest absolute Gasteiger partial charge is 0.390 e. The molecule has 0 spiro atoms. The molecule has 37 heavy (non-hydrogen) atoms. The third-order valence-corrected chi connectivity index (χ3v) is 10.5. The number of nitrogens with zero attached hydrogens (tertiary/aromatic N) is 1. The molecule has 2 aliphatic carbocycles. The minimum absolute atomic E-state index is 0.00600. The van der Waals surface area contributed by atoms with Crippen molar-refractivity contribution in [3.8, 4) is 11.1 Å². The Labute approximate surface area is 218 Å². The maximum Gasteiger partial charge on any atom is 0.256 e. The molecule has 2 saturated carbocycles. The van der Waals surface area contributed by atoms with Gasteiger partial charge >= 0.3 is 0 Å². The number of carbonyl (C=O) groups is 1. The zero-order valence-corrected chi connectivity index (χ0v) is 21.5. The van der Waals surface area contributed by atoms with Crippen LogP contribution in [0.1, 0.15) is 43.0 Å². The van der Waals surface area contributed by atoms with Crippen LogP contribution in [-0.4, -0.2) is 35.3 Å². The van der Waals surface area contributed by atoms with E-state index in [1.807, 2.05) is 0 Å². The number of aliphatic hydroxyl groups is 1. The Kier molecular flexibility index (Phi) is 6.58. The summed E-state index contributed by atoms with van der Waals surface area (Å²) in [5.74, 6) is -3.17. The molecule has 2 aliphatic rings. The molecule has 2 N–H and O–H groups in total. The highest BCUT2D eigenvalue weighted by Gasteiger charge is 2.53. The van der Waals surface area contributed by atoms with Gasteiger partial charge < -0.3 is 10.4 Å². The lowest BCUT2D eigenvalue weighted by Gasteiger charge is -2.40. The normalized spacial score (nSPS) is 25.2. The molecule has 10 heteroatoms. The van der Waals surface area contributed by atoms with Crippen LogP contribution in [0.2, 0.25) is 5.02 Å². The van der Waals surface area contributed by atoms with E-state index in [1.165, 1.54) is 24.4 Å². The second kappa shape index (κ2) is 9.45. The molecule has 1 amide bonds. The number of rotatable bonds is 5. The van der Waals surface area contributed by atoms with Crippen LogP contribution >= 0.6 is 11.6 Å². The molecule has 194 valence electrons. The van der Waals surface area contributed by atoms with Crippen LogP contribution in [0.15, 0.2) is 59.8 Å². The van der Waals surface area contributed by atoms with Crippen molar-refractivity contribution >= 4 is 33.0 Å². The predicted octanol–water partition coefficient (Wildman–Crippen LogP) is 5.65. The van der Waals surface area contributed by atoms with E-state index in [0.29, 0.717) is 24.0 Å². The number of carbonyl (C=O) groups excluding carboxylic acids is 1. The number of nitrogens with one attached hydrogen (secondary N) is 1.